The van der Waals surface area contributed by atoms with E-state index in [9.17, 15) is 53.7 Å². The number of nitrogens with one attached hydrogen (secondary N) is 6. The number of carbonyl (C=O) groups excluding carboxylic acids is 7. The van der Waals surface area contributed by atoms with Gasteiger partial charge in [0.25, 0.3) is 0 Å². The Morgan fingerprint density at radius 1 is 0.619 bits per heavy atom. The molecule has 0 aromatic heterocycles. The second kappa shape index (κ2) is 28.5. The lowest BCUT2D eigenvalue weighted by atomic mass is 10.0. The smallest absolute Gasteiger partial charge is 0.327 e. The maximum Gasteiger partial charge on any atom is 0.327 e. The molecule has 27 heteroatoms. The predicted molar refractivity (Wildman–Crippen MR) is 237 cm³/mol. The summed E-state index contributed by atoms with van der Waals surface area (Å²) in [6, 6.07) is -4.60. The van der Waals surface area contributed by atoms with E-state index in [0.717, 1.165) is 0 Å². The van der Waals surface area contributed by atoms with Crippen LogP contribution in [0.15, 0.2) is 34.3 Å². The molecule has 21 N–H and O–H groups in total. The summed E-state index contributed by atoms with van der Waals surface area (Å²) in [6.45, 7) is 1.18. The molecule has 0 saturated carbocycles. The number of nitrogens with two attached hydrogens (primary N) is 6. The molecule has 0 bridgehead atoms. The summed E-state index contributed by atoms with van der Waals surface area (Å²) in [6.07, 6.45) is -2.72. The zero-order valence-electron chi connectivity index (χ0n) is 34.6. The Morgan fingerprint density at radius 3 is 1.46 bits per heavy atom. The number of aliphatic imine (C=N–C) groups is 2. The molecule has 0 aliphatic carbocycles. The third-order valence-electron chi connectivity index (χ3n) is 8.87. The number of guanidine groups is 2. The standard InChI is InChI=1S/C36H60N14O11S2/c1-17(51)27(50-28(54)20(37)15-62)33(59)47-22(5-3-13-44-36(41)42)29(55)46-23(10-11-26(38)53)31(57)45-21(4-2-12-43-35(39)40)30(56)48-24(14-18-6-8-19(52)9-7-18)32(58)49-25(16-63)34(60)61/h6-9,17,20-25,27,51-52,62-63H,2-5,10-16,37H2,1H3,(H2,38,53)(H,45,57)(H,46,55)(H,47,59)(H,48,56)(H,49,58)(H,50,54)(H,60,61)(H4,39,40,43)(H4,41,42,44)/t17-,20+,21+,22+,23+,24+,25+,27+/m1/s1. The highest BCUT2D eigenvalue weighted by atomic mass is 32.1. The highest BCUT2D eigenvalue weighted by Crippen LogP contribution is 2.13. The SMILES string of the molecule is C[C@@H](O)[C@H](NC(=O)[C@@H](N)CS)C(=O)N[C@@H](CCCN=C(N)N)C(=O)N[C@@H](CCC(N)=O)C(=O)N[C@@H](CCCN=C(N)N)C(=O)N[C@@H](Cc1ccc(O)cc1)C(=O)N[C@@H](CS)C(=O)O. The molecule has 0 heterocycles. The minimum Gasteiger partial charge on any atom is -0.508 e. The van der Waals surface area contributed by atoms with Crippen LogP contribution in [0.2, 0.25) is 0 Å². The summed E-state index contributed by atoms with van der Waals surface area (Å²) < 4.78 is 0. The lowest BCUT2D eigenvalue weighted by Gasteiger charge is -2.28. The van der Waals surface area contributed by atoms with Crippen molar-refractivity contribution < 1.29 is 53.7 Å². The van der Waals surface area contributed by atoms with Gasteiger partial charge in [0.2, 0.25) is 41.4 Å². The maximum absolute atomic E-state index is 14.0. The fraction of sp³-hybridized carbons (Fsp3) is 0.556. The average Bonchev–Trinajstić information content (AvgIpc) is 3.21. The molecule has 0 unspecified atom stereocenters. The number of hydrogen-bond donors (Lipinski definition) is 17. The molecule has 0 radical (unpaired) electrons. The van der Waals surface area contributed by atoms with E-state index in [0.29, 0.717) is 5.56 Å². The van der Waals surface area contributed by atoms with E-state index < -0.39 is 109 Å². The molecule has 0 spiro atoms. The van der Waals surface area contributed by atoms with E-state index in [2.05, 4.69) is 67.1 Å². The molecule has 1 rings (SSSR count). The number of aliphatic carboxylic acids is 1. The van der Waals surface area contributed by atoms with Crippen molar-refractivity contribution in [3.8, 4) is 5.75 Å². The number of primary amides is 1. The minimum absolute atomic E-state index is 0.00501. The molecule has 0 fully saturated rings. The number of hydrogen-bond acceptors (Lipinski definition) is 15. The summed E-state index contributed by atoms with van der Waals surface area (Å²) in [7, 11) is 0. The third-order valence-corrected chi connectivity index (χ3v) is 9.63. The molecule has 63 heavy (non-hydrogen) atoms. The number of phenolic OH excluding ortho intramolecular Hbond substituents is 1. The third kappa shape index (κ3) is 21.5. The van der Waals surface area contributed by atoms with Gasteiger partial charge in [0, 0.05) is 37.4 Å². The molecule has 0 saturated heterocycles. The lowest BCUT2D eigenvalue weighted by Crippen LogP contribution is -2.61. The first-order valence-corrected chi connectivity index (χ1v) is 20.7. The van der Waals surface area contributed by atoms with Crippen LogP contribution >= 0.6 is 25.3 Å². The van der Waals surface area contributed by atoms with Crippen molar-refractivity contribution in [3.63, 3.8) is 0 Å². The van der Waals surface area contributed by atoms with Gasteiger partial charge in [0.15, 0.2) is 11.9 Å². The first-order valence-electron chi connectivity index (χ1n) is 19.5. The van der Waals surface area contributed by atoms with Crippen LogP contribution in [0.1, 0.15) is 51.0 Å². The predicted octanol–water partition coefficient (Wildman–Crippen LogP) is -6.13. The van der Waals surface area contributed by atoms with Crippen molar-refractivity contribution >= 4 is 84.5 Å². The monoisotopic (exact) mass is 928 g/mol. The summed E-state index contributed by atoms with van der Waals surface area (Å²) in [5.74, 6) is -8.99. The Labute approximate surface area is 373 Å². The van der Waals surface area contributed by atoms with Crippen LogP contribution in [-0.2, 0) is 44.8 Å². The second-order valence-corrected chi connectivity index (χ2v) is 14.8. The molecule has 352 valence electrons. The first-order chi connectivity index (χ1) is 29.6. The number of aliphatic hydroxyl groups excluding tert-OH is 1. The van der Waals surface area contributed by atoms with Gasteiger partial charge in [-0.05, 0) is 56.7 Å². The molecule has 1 aromatic carbocycles. The van der Waals surface area contributed by atoms with Crippen molar-refractivity contribution in [2.75, 3.05) is 24.6 Å². The van der Waals surface area contributed by atoms with Gasteiger partial charge in [-0.25, -0.2) is 4.79 Å². The van der Waals surface area contributed by atoms with E-state index in [-0.39, 0.29) is 74.4 Å². The van der Waals surface area contributed by atoms with Crippen molar-refractivity contribution in [3.05, 3.63) is 29.8 Å². The summed E-state index contributed by atoms with van der Waals surface area (Å²) in [5.41, 5.74) is 33.2. The van der Waals surface area contributed by atoms with Crippen LogP contribution in [0.4, 0.5) is 0 Å². The lowest BCUT2D eigenvalue weighted by molar-refractivity contribution is -0.141. The average molecular weight is 929 g/mol. The normalized spacial score (nSPS) is 14.6. The first kappa shape index (κ1) is 55.0. The number of rotatable bonds is 29. The largest absolute Gasteiger partial charge is 0.508 e. The summed E-state index contributed by atoms with van der Waals surface area (Å²) >= 11 is 7.92. The highest BCUT2D eigenvalue weighted by Gasteiger charge is 2.34. The van der Waals surface area contributed by atoms with Gasteiger partial charge < -0.3 is 81.6 Å². The van der Waals surface area contributed by atoms with E-state index in [1.807, 2.05) is 0 Å². The quantitative estimate of drug-likeness (QED) is 0.0154. The molecule has 1 aromatic rings. The molecule has 25 nitrogen and oxygen atoms in total. The molecule has 0 aliphatic rings. The van der Waals surface area contributed by atoms with Crippen molar-refractivity contribution in [1.29, 1.82) is 0 Å². The number of thiol groups is 2. The van der Waals surface area contributed by atoms with Crippen molar-refractivity contribution in [2.24, 2.45) is 44.4 Å². The van der Waals surface area contributed by atoms with Gasteiger partial charge in [0.1, 0.15) is 42.0 Å². The van der Waals surface area contributed by atoms with E-state index in [1.54, 1.807) is 0 Å². The van der Waals surface area contributed by atoms with E-state index in [4.69, 9.17) is 34.4 Å². The number of carboxylic acid groups (broad SMARTS) is 1. The van der Waals surface area contributed by atoms with Gasteiger partial charge in [-0.3, -0.25) is 43.5 Å². The number of nitrogens with zero attached hydrogens (tertiary/aromatic N) is 2. The number of aliphatic hydroxyl groups is 1. The Bertz CT molecular complexity index is 1780. The molecule has 8 atom stereocenters. The highest BCUT2D eigenvalue weighted by molar-refractivity contribution is 7.80. The molecule has 0 aliphatic heterocycles. The van der Waals surface area contributed by atoms with Crippen LogP contribution in [-0.4, -0.2) is 148 Å². The van der Waals surface area contributed by atoms with E-state index >= 15 is 0 Å². The Kier molecular flexibility index (Phi) is 24.9. The van der Waals surface area contributed by atoms with Crippen LogP contribution in [0.3, 0.4) is 0 Å². The number of amides is 7. The Balaban J connectivity index is 3.57. The van der Waals surface area contributed by atoms with Gasteiger partial charge in [-0.1, -0.05) is 12.1 Å². The van der Waals surface area contributed by atoms with Crippen LogP contribution in [0.25, 0.3) is 0 Å². The van der Waals surface area contributed by atoms with Gasteiger partial charge in [-0.2, -0.15) is 25.3 Å². The number of carbonyl (C=O) groups is 8. The molecular formula is C36H60N14O11S2. The number of phenols is 1. The summed E-state index contributed by atoms with van der Waals surface area (Å²) in [4.78, 5) is 113. The second-order valence-electron chi connectivity index (χ2n) is 14.1. The zero-order chi connectivity index (χ0) is 47.8. The zero-order valence-corrected chi connectivity index (χ0v) is 36.4. The number of carboxylic acids is 1. The van der Waals surface area contributed by atoms with Crippen LogP contribution in [0.5, 0.6) is 5.75 Å². The Morgan fingerprint density at radius 2 is 1.05 bits per heavy atom. The molecule has 7 amide bonds. The Hall–Kier alpha value is -6.06. The van der Waals surface area contributed by atoms with Crippen LogP contribution in [0, 0.1) is 0 Å². The fourth-order valence-electron chi connectivity index (χ4n) is 5.46. The van der Waals surface area contributed by atoms with Crippen molar-refractivity contribution in [1.82, 2.24) is 31.9 Å². The summed E-state index contributed by atoms with van der Waals surface area (Å²) in [5, 5.41) is 44.1. The van der Waals surface area contributed by atoms with E-state index in [1.165, 1.54) is 31.2 Å². The fourth-order valence-corrected chi connectivity index (χ4v) is 5.88. The van der Waals surface area contributed by atoms with Gasteiger partial charge in [-0.15, -0.1) is 0 Å². The maximum atomic E-state index is 14.0. The topological polar surface area (TPSA) is 450 Å². The molecular weight excluding hydrogens is 869 g/mol. The number of benzene rings is 1. The van der Waals surface area contributed by atoms with Crippen molar-refractivity contribution in [2.45, 2.75) is 100 Å². The van der Waals surface area contributed by atoms with Gasteiger partial charge in [0.05, 0.1) is 12.1 Å². The minimum atomic E-state index is -1.60. The van der Waals surface area contributed by atoms with Crippen LogP contribution < -0.4 is 66.3 Å². The van der Waals surface area contributed by atoms with Gasteiger partial charge >= 0.3 is 5.97 Å². The number of aromatic hydroxyl groups is 1.